The third-order valence-corrected chi connectivity index (χ3v) is 2.66. The summed E-state index contributed by atoms with van der Waals surface area (Å²) < 4.78 is 6.43. The van der Waals surface area contributed by atoms with Crippen LogP contribution in [-0.4, -0.2) is 4.98 Å². The zero-order valence-electron chi connectivity index (χ0n) is 6.27. The number of hydrogen-bond donors (Lipinski definition) is 0. The molecular weight excluding hydrogens is 253 g/mol. The summed E-state index contributed by atoms with van der Waals surface area (Å²) in [6, 6.07) is 0. The second-order valence-electron chi connectivity index (χ2n) is 2.82. The van der Waals surface area contributed by atoms with Crippen molar-refractivity contribution in [1.29, 1.82) is 0 Å². The topological polar surface area (TPSA) is 26.0 Å². The molecule has 1 heterocycles. The third-order valence-electron chi connectivity index (χ3n) is 2.00. The Morgan fingerprint density at radius 2 is 2.18 bits per heavy atom. The van der Waals surface area contributed by atoms with Crippen LogP contribution in [0.3, 0.4) is 0 Å². The van der Waals surface area contributed by atoms with Gasteiger partial charge in [0.05, 0.1) is 10.1 Å². The van der Waals surface area contributed by atoms with Gasteiger partial charge in [0.15, 0.2) is 0 Å². The molecule has 0 saturated carbocycles. The van der Waals surface area contributed by atoms with E-state index < -0.39 is 0 Å². The monoisotopic (exact) mass is 263 g/mol. The van der Waals surface area contributed by atoms with Crippen LogP contribution in [0, 0.1) is 0 Å². The Hall–Kier alpha value is -0.0600. The molecule has 1 aliphatic rings. The number of alkyl halides is 1. The number of nitrogens with zero attached hydrogens (tertiary/aromatic N) is 1. The molecule has 0 bridgehead atoms. The molecule has 1 aromatic rings. The fourth-order valence-electron chi connectivity index (χ4n) is 1.46. The molecule has 60 valence electrons. The van der Waals surface area contributed by atoms with Crippen LogP contribution in [-0.2, 0) is 17.3 Å². The number of fused-ring (bicyclic) bond motifs is 1. The lowest BCUT2D eigenvalue weighted by Crippen LogP contribution is -1.99. The summed E-state index contributed by atoms with van der Waals surface area (Å²) in [5.41, 5.74) is 1.21. The highest BCUT2D eigenvalue weighted by molar-refractivity contribution is 14.1. The Balaban J connectivity index is 2.32. The minimum absolute atomic E-state index is 0.894. The molecule has 0 amide bonds. The van der Waals surface area contributed by atoms with Gasteiger partial charge in [-0.25, -0.2) is 4.98 Å². The molecule has 3 heteroatoms. The highest BCUT2D eigenvalue weighted by Gasteiger charge is 2.15. The van der Waals surface area contributed by atoms with Gasteiger partial charge in [0.25, 0.3) is 0 Å². The lowest BCUT2D eigenvalue weighted by Gasteiger charge is -2.05. The van der Waals surface area contributed by atoms with E-state index in [1.165, 1.54) is 18.5 Å². The van der Waals surface area contributed by atoms with Crippen LogP contribution < -0.4 is 0 Å². The van der Waals surface area contributed by atoms with Crippen LogP contribution in [0.25, 0.3) is 0 Å². The predicted octanol–water partition coefficient (Wildman–Crippen LogP) is 2.49. The van der Waals surface area contributed by atoms with E-state index in [1.54, 1.807) is 0 Å². The van der Waals surface area contributed by atoms with E-state index in [9.17, 15) is 0 Å². The largest absolute Gasteiger partial charge is 0.445 e. The molecule has 11 heavy (non-hydrogen) atoms. The summed E-state index contributed by atoms with van der Waals surface area (Å²) >= 11 is 2.28. The number of aryl methyl sites for hydroxylation is 2. The smallest absolute Gasteiger partial charge is 0.204 e. The quantitative estimate of drug-likeness (QED) is 0.574. The first-order valence-corrected chi connectivity index (χ1v) is 5.46. The fourth-order valence-corrected chi connectivity index (χ4v) is 1.79. The number of oxazole rings is 1. The van der Waals surface area contributed by atoms with Crippen molar-refractivity contribution in [3.8, 4) is 0 Å². The zero-order valence-corrected chi connectivity index (χ0v) is 8.43. The summed E-state index contributed by atoms with van der Waals surface area (Å²) in [5.74, 6) is 2.04. The van der Waals surface area contributed by atoms with E-state index >= 15 is 0 Å². The van der Waals surface area contributed by atoms with Gasteiger partial charge in [-0.05, 0) is 19.3 Å². The van der Waals surface area contributed by atoms with Crippen molar-refractivity contribution in [2.45, 2.75) is 30.1 Å². The van der Waals surface area contributed by atoms with Crippen molar-refractivity contribution in [2.24, 2.45) is 0 Å². The lowest BCUT2D eigenvalue weighted by molar-refractivity contribution is 0.454. The molecule has 0 radical (unpaired) electrons. The molecule has 0 saturated heterocycles. The molecule has 0 fully saturated rings. The summed E-state index contributed by atoms with van der Waals surface area (Å²) in [4.78, 5) is 4.40. The van der Waals surface area contributed by atoms with Crippen molar-refractivity contribution in [3.63, 3.8) is 0 Å². The Morgan fingerprint density at radius 1 is 1.36 bits per heavy atom. The molecule has 0 unspecified atom stereocenters. The van der Waals surface area contributed by atoms with Crippen LogP contribution in [0.15, 0.2) is 4.42 Å². The van der Waals surface area contributed by atoms with E-state index in [4.69, 9.17) is 4.42 Å². The molecular formula is C8H10INO. The first kappa shape index (κ1) is 7.58. The summed E-state index contributed by atoms with van der Waals surface area (Å²) in [5, 5.41) is 0. The van der Waals surface area contributed by atoms with Gasteiger partial charge in [0.2, 0.25) is 5.89 Å². The van der Waals surface area contributed by atoms with Gasteiger partial charge in [0.1, 0.15) is 5.76 Å². The molecule has 0 aromatic carbocycles. The summed E-state index contributed by atoms with van der Waals surface area (Å²) in [7, 11) is 0. The van der Waals surface area contributed by atoms with Gasteiger partial charge < -0.3 is 4.42 Å². The minimum atomic E-state index is 0.894. The first-order valence-electron chi connectivity index (χ1n) is 3.93. The minimum Gasteiger partial charge on any atom is -0.445 e. The number of aromatic nitrogens is 1. The van der Waals surface area contributed by atoms with Gasteiger partial charge in [-0.3, -0.25) is 0 Å². The number of hydrogen-bond acceptors (Lipinski definition) is 2. The standard InChI is InChI=1S/C8H10INO/c9-5-8-10-6-3-1-2-4-7(6)11-8/h1-5H2. The number of rotatable bonds is 1. The Bertz CT molecular complexity index is 233. The van der Waals surface area contributed by atoms with E-state index in [0.29, 0.717) is 0 Å². The van der Waals surface area contributed by atoms with Crippen LogP contribution in [0.1, 0.15) is 30.2 Å². The maximum absolute atomic E-state index is 5.54. The lowest BCUT2D eigenvalue weighted by atomic mass is 10.0. The maximum atomic E-state index is 5.54. The van der Waals surface area contributed by atoms with Gasteiger partial charge >= 0.3 is 0 Å². The highest BCUT2D eigenvalue weighted by atomic mass is 127. The molecule has 1 aromatic heterocycles. The highest BCUT2D eigenvalue weighted by Crippen LogP contribution is 2.22. The van der Waals surface area contributed by atoms with E-state index in [0.717, 1.165) is 28.9 Å². The Morgan fingerprint density at radius 3 is 2.91 bits per heavy atom. The van der Waals surface area contributed by atoms with Crippen LogP contribution in [0.5, 0.6) is 0 Å². The van der Waals surface area contributed by atoms with Crippen LogP contribution in [0.2, 0.25) is 0 Å². The van der Waals surface area contributed by atoms with Crippen LogP contribution >= 0.6 is 22.6 Å². The average Bonchev–Trinajstić information content (AvgIpc) is 2.46. The second-order valence-corrected chi connectivity index (χ2v) is 3.58. The molecule has 2 nitrogen and oxygen atoms in total. The summed E-state index contributed by atoms with van der Waals surface area (Å²) in [6.07, 6.45) is 4.76. The fraction of sp³-hybridized carbons (Fsp3) is 0.625. The summed E-state index contributed by atoms with van der Waals surface area (Å²) in [6.45, 7) is 0. The SMILES string of the molecule is ICc1nc2c(o1)CCCC2. The molecule has 0 atom stereocenters. The Labute approximate surface area is 79.5 Å². The van der Waals surface area contributed by atoms with Gasteiger partial charge in [-0.1, -0.05) is 22.6 Å². The van der Waals surface area contributed by atoms with Gasteiger partial charge in [-0.15, -0.1) is 0 Å². The molecule has 0 aliphatic heterocycles. The molecule has 2 rings (SSSR count). The predicted molar refractivity (Wildman–Crippen MR) is 50.9 cm³/mol. The van der Waals surface area contributed by atoms with E-state index in [1.807, 2.05) is 0 Å². The third kappa shape index (κ3) is 1.43. The van der Waals surface area contributed by atoms with E-state index in [2.05, 4.69) is 27.6 Å². The molecule has 0 N–H and O–H groups in total. The average molecular weight is 263 g/mol. The normalized spacial score (nSPS) is 16.5. The zero-order chi connectivity index (χ0) is 7.68. The second kappa shape index (κ2) is 3.13. The van der Waals surface area contributed by atoms with Gasteiger partial charge in [0, 0.05) is 6.42 Å². The van der Waals surface area contributed by atoms with Crippen molar-refractivity contribution in [1.82, 2.24) is 4.98 Å². The maximum Gasteiger partial charge on any atom is 0.204 e. The van der Waals surface area contributed by atoms with Crippen molar-refractivity contribution >= 4 is 22.6 Å². The van der Waals surface area contributed by atoms with Crippen LogP contribution in [0.4, 0.5) is 0 Å². The van der Waals surface area contributed by atoms with Gasteiger partial charge in [-0.2, -0.15) is 0 Å². The van der Waals surface area contributed by atoms with Crippen molar-refractivity contribution in [3.05, 3.63) is 17.3 Å². The number of halogens is 1. The Kier molecular flexibility index (Phi) is 2.16. The van der Waals surface area contributed by atoms with E-state index in [-0.39, 0.29) is 0 Å². The first-order chi connectivity index (χ1) is 5.40. The molecule has 0 spiro atoms. The molecule has 1 aliphatic carbocycles. The van der Waals surface area contributed by atoms with Crippen molar-refractivity contribution < 1.29 is 4.42 Å². The van der Waals surface area contributed by atoms with Crippen molar-refractivity contribution in [2.75, 3.05) is 0 Å².